The average molecular weight is 412 g/mol. The highest BCUT2D eigenvalue weighted by Crippen LogP contribution is 2.33. The number of hydrogen-bond donors (Lipinski definition) is 0. The van der Waals surface area contributed by atoms with Crippen LogP contribution < -0.4 is 9.47 Å². The molecule has 0 amide bonds. The molecule has 0 spiro atoms. The largest absolute Gasteiger partial charge is 0.497 e. The smallest absolute Gasteiger partial charge is 0.119 e. The van der Waals surface area contributed by atoms with Gasteiger partial charge in [-0.25, -0.2) is 0 Å². The molecule has 1 fully saturated rings. The maximum atomic E-state index is 6.09. The number of piperidine rings is 1. The van der Waals surface area contributed by atoms with Gasteiger partial charge in [0.25, 0.3) is 0 Å². The van der Waals surface area contributed by atoms with E-state index in [1.807, 2.05) is 24.3 Å². The second-order valence-corrected chi connectivity index (χ2v) is 8.17. The van der Waals surface area contributed by atoms with Gasteiger partial charge < -0.3 is 19.1 Å². The van der Waals surface area contributed by atoms with Crippen LogP contribution in [0, 0.1) is 5.92 Å². The van der Waals surface area contributed by atoms with Crippen molar-refractivity contribution < 1.29 is 14.2 Å². The second-order valence-electron chi connectivity index (χ2n) is 8.17. The molecule has 0 saturated carbocycles. The minimum absolute atomic E-state index is 0.531. The maximum Gasteiger partial charge on any atom is 0.119 e. The van der Waals surface area contributed by atoms with Crippen LogP contribution in [-0.2, 0) is 4.74 Å². The van der Waals surface area contributed by atoms with Gasteiger partial charge in [-0.1, -0.05) is 50.1 Å². The molecule has 0 bridgehead atoms. The number of rotatable bonds is 12. The fraction of sp³-hybridized carbons (Fsp3) is 0.538. The predicted molar refractivity (Wildman–Crippen MR) is 123 cm³/mol. The normalized spacial score (nSPS) is 19.5. The van der Waals surface area contributed by atoms with Gasteiger partial charge in [-0.2, -0.15) is 0 Å². The average Bonchev–Trinajstić information content (AvgIpc) is 2.80. The zero-order chi connectivity index (χ0) is 21.0. The lowest BCUT2D eigenvalue weighted by Crippen LogP contribution is -2.42. The number of nitrogens with zero attached hydrogens (tertiary/aromatic N) is 1. The summed E-state index contributed by atoms with van der Waals surface area (Å²) in [7, 11) is 1.67. The van der Waals surface area contributed by atoms with E-state index in [2.05, 4.69) is 42.2 Å². The highest BCUT2D eigenvalue weighted by molar-refractivity contribution is 5.31. The van der Waals surface area contributed by atoms with Gasteiger partial charge in [0.05, 0.1) is 20.3 Å². The minimum Gasteiger partial charge on any atom is -0.497 e. The van der Waals surface area contributed by atoms with Crippen LogP contribution in [0.15, 0.2) is 54.6 Å². The van der Waals surface area contributed by atoms with Gasteiger partial charge in [0, 0.05) is 12.5 Å². The summed E-state index contributed by atoms with van der Waals surface area (Å²) in [5.41, 5.74) is 1.45. The third-order valence-electron chi connectivity index (χ3n) is 6.01. The van der Waals surface area contributed by atoms with Gasteiger partial charge >= 0.3 is 0 Å². The standard InChI is InChI=1S/C26H37NO3/c1-3-4-8-16-27-17-15-26(22-9-6-5-7-10-22)23(20-27)21-29-18-19-30-25-13-11-24(28-2)12-14-25/h5-7,9-14,23,26H,3-4,8,15-21H2,1-2H3/t23-,26-/m1/s1. The van der Waals surface area contributed by atoms with Crippen LogP contribution in [0.5, 0.6) is 11.5 Å². The monoisotopic (exact) mass is 411 g/mol. The summed E-state index contributed by atoms with van der Waals surface area (Å²) >= 11 is 0. The molecule has 2 atom stereocenters. The zero-order valence-corrected chi connectivity index (χ0v) is 18.6. The van der Waals surface area contributed by atoms with Gasteiger partial charge in [-0.05, 0) is 61.7 Å². The maximum absolute atomic E-state index is 6.09. The molecule has 4 heteroatoms. The number of hydrogen-bond acceptors (Lipinski definition) is 4. The van der Waals surface area contributed by atoms with Gasteiger partial charge in [0.1, 0.15) is 18.1 Å². The number of ether oxygens (including phenoxy) is 3. The van der Waals surface area contributed by atoms with Crippen LogP contribution in [0.2, 0.25) is 0 Å². The summed E-state index contributed by atoms with van der Waals surface area (Å²) in [5, 5.41) is 0. The van der Waals surface area contributed by atoms with E-state index in [4.69, 9.17) is 14.2 Å². The van der Waals surface area contributed by atoms with Gasteiger partial charge in [-0.15, -0.1) is 0 Å². The third-order valence-corrected chi connectivity index (χ3v) is 6.01. The summed E-state index contributed by atoms with van der Waals surface area (Å²) in [6.07, 6.45) is 5.12. The molecular formula is C26H37NO3. The molecule has 1 saturated heterocycles. The van der Waals surface area contributed by atoms with Crippen LogP contribution in [0.1, 0.15) is 44.1 Å². The molecule has 3 rings (SSSR count). The molecule has 0 aliphatic carbocycles. The van der Waals surface area contributed by atoms with Crippen molar-refractivity contribution >= 4 is 0 Å². The highest BCUT2D eigenvalue weighted by Gasteiger charge is 2.30. The van der Waals surface area contributed by atoms with E-state index >= 15 is 0 Å². The SMILES string of the molecule is CCCCCN1CC[C@H](c2ccccc2)[C@@H](COCCOc2ccc(OC)cc2)C1. The van der Waals surface area contributed by atoms with E-state index in [1.165, 1.54) is 44.3 Å². The molecule has 2 aromatic carbocycles. The second kappa shape index (κ2) is 12.6. The Morgan fingerprint density at radius 3 is 2.43 bits per heavy atom. The lowest BCUT2D eigenvalue weighted by atomic mass is 9.81. The highest BCUT2D eigenvalue weighted by atomic mass is 16.5. The molecule has 0 radical (unpaired) electrons. The van der Waals surface area contributed by atoms with E-state index in [0.717, 1.165) is 24.7 Å². The molecule has 1 aliphatic rings. The lowest BCUT2D eigenvalue weighted by Gasteiger charge is -2.39. The first-order valence-corrected chi connectivity index (χ1v) is 11.4. The summed E-state index contributed by atoms with van der Waals surface area (Å²) in [6.45, 7) is 7.77. The Kier molecular flexibility index (Phi) is 9.52. The predicted octanol–water partition coefficient (Wildman–Crippen LogP) is 5.39. The molecule has 1 aliphatic heterocycles. The number of methoxy groups -OCH3 is 1. The van der Waals surface area contributed by atoms with E-state index < -0.39 is 0 Å². The van der Waals surface area contributed by atoms with Crippen LogP contribution in [-0.4, -0.2) is 51.5 Å². The van der Waals surface area contributed by atoms with Crippen molar-refractivity contribution in [2.45, 2.75) is 38.5 Å². The van der Waals surface area contributed by atoms with Gasteiger partial charge in [0.15, 0.2) is 0 Å². The molecule has 30 heavy (non-hydrogen) atoms. The van der Waals surface area contributed by atoms with Crippen LogP contribution in [0.4, 0.5) is 0 Å². The van der Waals surface area contributed by atoms with E-state index in [-0.39, 0.29) is 0 Å². The van der Waals surface area contributed by atoms with Crippen molar-refractivity contribution in [3.63, 3.8) is 0 Å². The first kappa shape index (κ1) is 22.6. The van der Waals surface area contributed by atoms with Crippen molar-refractivity contribution in [2.24, 2.45) is 5.92 Å². The molecular weight excluding hydrogens is 374 g/mol. The van der Waals surface area contributed by atoms with Crippen molar-refractivity contribution in [1.29, 1.82) is 0 Å². The van der Waals surface area contributed by atoms with Crippen LogP contribution in [0.25, 0.3) is 0 Å². The summed E-state index contributed by atoms with van der Waals surface area (Å²) in [6, 6.07) is 18.7. The minimum atomic E-state index is 0.531. The Hall–Kier alpha value is -2.04. The van der Waals surface area contributed by atoms with Crippen molar-refractivity contribution in [3.05, 3.63) is 60.2 Å². The fourth-order valence-corrected chi connectivity index (χ4v) is 4.33. The van der Waals surface area contributed by atoms with Gasteiger partial charge in [0.2, 0.25) is 0 Å². The van der Waals surface area contributed by atoms with Crippen molar-refractivity contribution in [1.82, 2.24) is 4.90 Å². The number of unbranched alkanes of at least 4 members (excludes halogenated alkanes) is 2. The Morgan fingerprint density at radius 2 is 1.70 bits per heavy atom. The molecule has 0 unspecified atom stereocenters. The fourth-order valence-electron chi connectivity index (χ4n) is 4.33. The van der Waals surface area contributed by atoms with E-state index in [1.54, 1.807) is 7.11 Å². The number of likely N-dealkylation sites (tertiary alicyclic amines) is 1. The molecule has 164 valence electrons. The molecule has 0 N–H and O–H groups in total. The Balaban J connectivity index is 1.47. The lowest BCUT2D eigenvalue weighted by molar-refractivity contribution is 0.0356. The first-order chi connectivity index (χ1) is 14.8. The summed E-state index contributed by atoms with van der Waals surface area (Å²) in [5.74, 6) is 2.80. The molecule has 2 aromatic rings. The quantitative estimate of drug-likeness (QED) is 0.438. The first-order valence-electron chi connectivity index (χ1n) is 11.4. The van der Waals surface area contributed by atoms with Crippen molar-refractivity contribution in [3.8, 4) is 11.5 Å². The van der Waals surface area contributed by atoms with E-state index in [9.17, 15) is 0 Å². The zero-order valence-electron chi connectivity index (χ0n) is 18.6. The Bertz CT molecular complexity index is 704. The summed E-state index contributed by atoms with van der Waals surface area (Å²) in [4.78, 5) is 2.64. The Morgan fingerprint density at radius 1 is 0.933 bits per heavy atom. The summed E-state index contributed by atoms with van der Waals surface area (Å²) < 4.78 is 17.1. The van der Waals surface area contributed by atoms with Gasteiger partial charge in [-0.3, -0.25) is 0 Å². The third kappa shape index (κ3) is 7.03. The molecule has 0 aromatic heterocycles. The molecule has 4 nitrogen and oxygen atoms in total. The van der Waals surface area contributed by atoms with Crippen LogP contribution >= 0.6 is 0 Å². The number of benzene rings is 2. The Labute approximate surface area is 182 Å². The molecule has 1 heterocycles. The van der Waals surface area contributed by atoms with E-state index in [0.29, 0.717) is 25.0 Å². The van der Waals surface area contributed by atoms with Crippen molar-refractivity contribution in [2.75, 3.05) is 46.6 Å². The topological polar surface area (TPSA) is 30.9 Å². The van der Waals surface area contributed by atoms with Crippen LogP contribution in [0.3, 0.4) is 0 Å².